The maximum atomic E-state index is 13.6. The van der Waals surface area contributed by atoms with Gasteiger partial charge in [-0.05, 0) is 31.1 Å². The molecule has 0 atom stereocenters. The van der Waals surface area contributed by atoms with Crippen molar-refractivity contribution in [2.24, 2.45) is 11.7 Å². The lowest BCUT2D eigenvalue weighted by Gasteiger charge is -2.29. The van der Waals surface area contributed by atoms with Crippen LogP contribution in [0.4, 0.5) is 4.39 Å². The van der Waals surface area contributed by atoms with E-state index in [1.165, 1.54) is 24.3 Å². The van der Waals surface area contributed by atoms with E-state index in [0.29, 0.717) is 25.9 Å². The summed E-state index contributed by atoms with van der Waals surface area (Å²) in [5.74, 6) is -1.19. The molecule has 1 heterocycles. The molecule has 0 spiro atoms. The first kappa shape index (κ1) is 15.5. The molecule has 2 N–H and O–H groups in total. The van der Waals surface area contributed by atoms with E-state index < -0.39 is 5.82 Å². The monoisotopic (exact) mass is 310 g/mol. The van der Waals surface area contributed by atoms with Crippen LogP contribution in [0, 0.1) is 11.7 Å². The number of rotatable bonds is 3. The molecular weight excluding hydrogens is 295 g/mol. The maximum Gasteiger partial charge on any atom is 0.246 e. The van der Waals surface area contributed by atoms with Crippen molar-refractivity contribution >= 4 is 29.5 Å². The minimum absolute atomic E-state index is 0.168. The van der Waals surface area contributed by atoms with Crippen molar-refractivity contribution in [2.45, 2.75) is 12.8 Å². The molecule has 21 heavy (non-hydrogen) atoms. The van der Waals surface area contributed by atoms with Gasteiger partial charge in [-0.1, -0.05) is 17.7 Å². The molecule has 4 nitrogen and oxygen atoms in total. The minimum Gasteiger partial charge on any atom is -0.369 e. The molecule has 0 unspecified atom stereocenters. The highest BCUT2D eigenvalue weighted by Gasteiger charge is 2.24. The lowest BCUT2D eigenvalue weighted by molar-refractivity contribution is -0.130. The van der Waals surface area contributed by atoms with Gasteiger partial charge in [0.25, 0.3) is 0 Å². The van der Waals surface area contributed by atoms with Gasteiger partial charge in [-0.25, -0.2) is 4.39 Å². The molecule has 6 heteroatoms. The van der Waals surface area contributed by atoms with Crippen molar-refractivity contribution in [3.8, 4) is 0 Å². The molecule has 1 aromatic rings. The van der Waals surface area contributed by atoms with Gasteiger partial charge in [-0.15, -0.1) is 0 Å². The molecule has 1 saturated heterocycles. The van der Waals surface area contributed by atoms with Crippen molar-refractivity contribution in [3.63, 3.8) is 0 Å². The average Bonchev–Trinajstić information content (AvgIpc) is 2.46. The van der Waals surface area contributed by atoms with Crippen LogP contribution in [0.25, 0.3) is 6.08 Å². The lowest BCUT2D eigenvalue weighted by atomic mass is 9.96. The summed E-state index contributed by atoms with van der Waals surface area (Å²) < 4.78 is 13.6. The number of likely N-dealkylation sites (tertiary alicyclic amines) is 1. The van der Waals surface area contributed by atoms with E-state index in [2.05, 4.69) is 0 Å². The number of halogens is 2. The zero-order chi connectivity index (χ0) is 15.4. The van der Waals surface area contributed by atoms with Gasteiger partial charge in [0.1, 0.15) is 5.82 Å². The molecule has 1 fully saturated rings. The molecule has 1 aromatic carbocycles. The number of nitrogens with zero attached hydrogens (tertiary/aromatic N) is 1. The predicted molar refractivity (Wildman–Crippen MR) is 78.9 cm³/mol. The third-order valence-electron chi connectivity index (χ3n) is 3.60. The predicted octanol–water partition coefficient (Wildman–Crippen LogP) is 2.22. The quantitative estimate of drug-likeness (QED) is 0.870. The van der Waals surface area contributed by atoms with Gasteiger partial charge in [-0.2, -0.15) is 0 Å². The molecule has 2 rings (SSSR count). The van der Waals surface area contributed by atoms with E-state index in [-0.39, 0.29) is 28.3 Å². The lowest BCUT2D eigenvalue weighted by Crippen LogP contribution is -2.41. The second-order valence-corrected chi connectivity index (χ2v) is 5.38. The van der Waals surface area contributed by atoms with Crippen LogP contribution in [0.5, 0.6) is 0 Å². The van der Waals surface area contributed by atoms with Crippen molar-refractivity contribution in [1.82, 2.24) is 4.90 Å². The summed E-state index contributed by atoms with van der Waals surface area (Å²) in [7, 11) is 0. The third kappa shape index (κ3) is 3.82. The Morgan fingerprint density at radius 2 is 2.00 bits per heavy atom. The van der Waals surface area contributed by atoms with Crippen LogP contribution in [0.15, 0.2) is 24.3 Å². The normalized spacial score (nSPS) is 16.4. The summed E-state index contributed by atoms with van der Waals surface area (Å²) in [4.78, 5) is 24.7. The van der Waals surface area contributed by atoms with Crippen molar-refractivity contribution < 1.29 is 14.0 Å². The average molecular weight is 311 g/mol. The van der Waals surface area contributed by atoms with Gasteiger partial charge >= 0.3 is 0 Å². The first-order valence-electron chi connectivity index (χ1n) is 6.69. The molecule has 112 valence electrons. The number of nitrogens with two attached hydrogens (primary N) is 1. The Bertz CT molecular complexity index is 561. The molecule has 1 aliphatic heterocycles. The second kappa shape index (κ2) is 6.72. The molecular formula is C15H16ClFN2O2. The van der Waals surface area contributed by atoms with Crippen LogP contribution in [0.3, 0.4) is 0 Å². The van der Waals surface area contributed by atoms with Gasteiger partial charge in [0, 0.05) is 30.6 Å². The van der Waals surface area contributed by atoms with E-state index in [1.54, 1.807) is 11.0 Å². The van der Waals surface area contributed by atoms with Crippen LogP contribution >= 0.6 is 11.6 Å². The Kier molecular flexibility index (Phi) is 4.96. The van der Waals surface area contributed by atoms with E-state index in [1.807, 2.05) is 0 Å². The fourth-order valence-corrected chi connectivity index (χ4v) is 2.54. The Balaban J connectivity index is 1.99. The SMILES string of the molecule is NC(=O)C1CCN(C(=O)/C=C\c2c(F)cccc2Cl)CC1. The number of carbonyl (C=O) groups excluding carboxylic acids is 2. The van der Waals surface area contributed by atoms with Crippen molar-refractivity contribution in [1.29, 1.82) is 0 Å². The molecule has 0 bridgehead atoms. The number of carbonyl (C=O) groups is 2. The number of benzene rings is 1. The number of piperidine rings is 1. The Hall–Kier alpha value is -1.88. The van der Waals surface area contributed by atoms with Crippen molar-refractivity contribution in [2.75, 3.05) is 13.1 Å². The fraction of sp³-hybridized carbons (Fsp3) is 0.333. The second-order valence-electron chi connectivity index (χ2n) is 4.97. The Labute approximate surface area is 127 Å². The van der Waals surface area contributed by atoms with Gasteiger partial charge in [-0.3, -0.25) is 9.59 Å². The fourth-order valence-electron chi connectivity index (χ4n) is 2.31. The topological polar surface area (TPSA) is 63.4 Å². The number of hydrogen-bond donors (Lipinski definition) is 1. The standard InChI is InChI=1S/C15H16ClFN2O2/c16-12-2-1-3-13(17)11(12)4-5-14(20)19-8-6-10(7-9-19)15(18)21/h1-5,10H,6-9H2,(H2,18,21)/b5-4-. The summed E-state index contributed by atoms with van der Waals surface area (Å²) in [6.45, 7) is 0.948. The van der Waals surface area contributed by atoms with E-state index in [0.717, 1.165) is 0 Å². The van der Waals surface area contributed by atoms with Gasteiger partial charge in [0.2, 0.25) is 11.8 Å². The molecule has 1 aliphatic rings. The summed E-state index contributed by atoms with van der Waals surface area (Å²) in [6.07, 6.45) is 3.81. The molecule has 0 aromatic heterocycles. The van der Waals surface area contributed by atoms with Crippen LogP contribution < -0.4 is 5.73 Å². The number of primary amides is 1. The van der Waals surface area contributed by atoms with Crippen LogP contribution in [-0.4, -0.2) is 29.8 Å². The largest absolute Gasteiger partial charge is 0.369 e. The number of amides is 2. The first-order chi connectivity index (χ1) is 9.99. The van der Waals surface area contributed by atoms with E-state index >= 15 is 0 Å². The summed E-state index contributed by atoms with van der Waals surface area (Å²) in [6, 6.07) is 4.35. The van der Waals surface area contributed by atoms with E-state index in [4.69, 9.17) is 17.3 Å². The third-order valence-corrected chi connectivity index (χ3v) is 3.93. The van der Waals surface area contributed by atoms with Crippen LogP contribution in [0.1, 0.15) is 18.4 Å². The summed E-state index contributed by atoms with van der Waals surface area (Å²) in [5.41, 5.74) is 5.44. The summed E-state index contributed by atoms with van der Waals surface area (Å²) in [5, 5.41) is 0.256. The summed E-state index contributed by atoms with van der Waals surface area (Å²) >= 11 is 5.89. The van der Waals surface area contributed by atoms with Crippen molar-refractivity contribution in [3.05, 3.63) is 40.7 Å². The highest BCUT2D eigenvalue weighted by molar-refractivity contribution is 6.32. The molecule has 0 radical (unpaired) electrons. The Morgan fingerprint density at radius 1 is 1.33 bits per heavy atom. The zero-order valence-corrected chi connectivity index (χ0v) is 12.1. The van der Waals surface area contributed by atoms with Gasteiger partial charge < -0.3 is 10.6 Å². The van der Waals surface area contributed by atoms with E-state index in [9.17, 15) is 14.0 Å². The van der Waals surface area contributed by atoms with Gasteiger partial charge in [0.05, 0.1) is 5.02 Å². The smallest absolute Gasteiger partial charge is 0.246 e. The van der Waals surface area contributed by atoms with Gasteiger partial charge in [0.15, 0.2) is 0 Å². The van der Waals surface area contributed by atoms with Crippen LogP contribution in [-0.2, 0) is 9.59 Å². The zero-order valence-electron chi connectivity index (χ0n) is 11.4. The molecule has 0 aliphatic carbocycles. The molecule has 0 saturated carbocycles. The first-order valence-corrected chi connectivity index (χ1v) is 7.07. The Morgan fingerprint density at radius 3 is 2.57 bits per heavy atom. The number of hydrogen-bond acceptors (Lipinski definition) is 2. The highest BCUT2D eigenvalue weighted by Crippen LogP contribution is 2.21. The molecule has 2 amide bonds. The maximum absolute atomic E-state index is 13.6. The van der Waals surface area contributed by atoms with Crippen LogP contribution in [0.2, 0.25) is 5.02 Å². The highest BCUT2D eigenvalue weighted by atomic mass is 35.5. The minimum atomic E-state index is -0.473.